The standard InChI is InChI=1S/C23H29N5O3/c1-23(2,3)26-20(29)14-28-13-17-18(25-22(28)24)11-8-12-19(17)31-15-21(30)27(4)16-9-6-5-7-10-16/h5-12H,13-15H2,1-4H3,(H2,24,25)(H,26,29). The van der Waals surface area contributed by atoms with Crippen LogP contribution >= 0.6 is 0 Å². The van der Waals surface area contributed by atoms with Crippen molar-refractivity contribution in [3.63, 3.8) is 0 Å². The Morgan fingerprint density at radius 3 is 2.55 bits per heavy atom. The molecule has 1 heterocycles. The quantitative estimate of drug-likeness (QED) is 0.743. The molecule has 8 nitrogen and oxygen atoms in total. The summed E-state index contributed by atoms with van der Waals surface area (Å²) < 4.78 is 5.85. The maximum absolute atomic E-state index is 12.6. The molecule has 0 fully saturated rings. The number of fused-ring (bicyclic) bond motifs is 1. The van der Waals surface area contributed by atoms with Gasteiger partial charge in [-0.2, -0.15) is 0 Å². The van der Waals surface area contributed by atoms with E-state index in [0.717, 1.165) is 11.3 Å². The Hall–Kier alpha value is -3.55. The zero-order valence-electron chi connectivity index (χ0n) is 18.4. The number of ether oxygens (including phenoxy) is 1. The fourth-order valence-electron chi connectivity index (χ4n) is 3.22. The van der Waals surface area contributed by atoms with Crippen LogP contribution in [0.2, 0.25) is 0 Å². The van der Waals surface area contributed by atoms with Crippen LogP contribution in [0.15, 0.2) is 53.5 Å². The van der Waals surface area contributed by atoms with Crippen LogP contribution in [-0.4, -0.2) is 48.4 Å². The lowest BCUT2D eigenvalue weighted by Gasteiger charge is -2.30. The van der Waals surface area contributed by atoms with Crippen molar-refractivity contribution in [2.45, 2.75) is 32.9 Å². The van der Waals surface area contributed by atoms with Gasteiger partial charge in [-0.1, -0.05) is 24.3 Å². The van der Waals surface area contributed by atoms with E-state index in [2.05, 4.69) is 10.3 Å². The monoisotopic (exact) mass is 423 g/mol. The fourth-order valence-corrected chi connectivity index (χ4v) is 3.22. The van der Waals surface area contributed by atoms with Crippen LogP contribution in [-0.2, 0) is 16.1 Å². The molecule has 8 heteroatoms. The molecule has 0 spiro atoms. The Kier molecular flexibility index (Phi) is 6.48. The minimum absolute atomic E-state index is 0.0794. The molecule has 1 aliphatic heterocycles. The Labute approximate surface area is 182 Å². The number of benzene rings is 2. The summed E-state index contributed by atoms with van der Waals surface area (Å²) in [5, 5.41) is 2.92. The van der Waals surface area contributed by atoms with Gasteiger partial charge in [0, 0.05) is 23.8 Å². The minimum atomic E-state index is -0.337. The van der Waals surface area contributed by atoms with Crippen molar-refractivity contribution in [1.29, 1.82) is 0 Å². The lowest BCUT2D eigenvalue weighted by atomic mass is 10.1. The normalized spacial score (nSPS) is 13.2. The Balaban J connectivity index is 1.70. The van der Waals surface area contributed by atoms with Crippen LogP contribution in [0.4, 0.5) is 11.4 Å². The van der Waals surface area contributed by atoms with Crippen molar-refractivity contribution in [1.82, 2.24) is 10.2 Å². The van der Waals surface area contributed by atoms with Gasteiger partial charge in [-0.3, -0.25) is 9.59 Å². The number of hydrogen-bond donors (Lipinski definition) is 2. The second-order valence-electron chi connectivity index (χ2n) is 8.46. The summed E-state index contributed by atoms with van der Waals surface area (Å²) >= 11 is 0. The number of nitrogens with zero attached hydrogens (tertiary/aromatic N) is 3. The van der Waals surface area contributed by atoms with Crippen LogP contribution in [0, 0.1) is 0 Å². The van der Waals surface area contributed by atoms with Crippen molar-refractivity contribution < 1.29 is 14.3 Å². The molecule has 2 amide bonds. The highest BCUT2D eigenvalue weighted by Crippen LogP contribution is 2.33. The number of carbonyl (C=O) groups is 2. The van der Waals surface area contributed by atoms with E-state index in [9.17, 15) is 9.59 Å². The molecule has 3 rings (SSSR count). The first-order valence-corrected chi connectivity index (χ1v) is 10.1. The summed E-state index contributed by atoms with van der Waals surface area (Å²) in [4.78, 5) is 32.6. The van der Waals surface area contributed by atoms with E-state index >= 15 is 0 Å². The zero-order valence-corrected chi connectivity index (χ0v) is 18.4. The van der Waals surface area contributed by atoms with Gasteiger partial charge in [0.2, 0.25) is 5.91 Å². The van der Waals surface area contributed by atoms with E-state index in [-0.39, 0.29) is 36.5 Å². The van der Waals surface area contributed by atoms with Crippen LogP contribution in [0.25, 0.3) is 0 Å². The third kappa shape index (κ3) is 5.75. The molecule has 31 heavy (non-hydrogen) atoms. The Morgan fingerprint density at radius 1 is 1.16 bits per heavy atom. The second-order valence-corrected chi connectivity index (χ2v) is 8.46. The molecule has 0 bridgehead atoms. The van der Waals surface area contributed by atoms with E-state index in [1.807, 2.05) is 57.2 Å². The average molecular weight is 424 g/mol. The molecule has 1 aliphatic rings. The Bertz CT molecular complexity index is 982. The van der Waals surface area contributed by atoms with Gasteiger partial charge in [0.15, 0.2) is 12.6 Å². The SMILES string of the molecule is CN(C(=O)COc1cccc2c1CN(CC(=O)NC(C)(C)C)C(N)=N2)c1ccccc1. The third-order valence-corrected chi connectivity index (χ3v) is 4.73. The summed E-state index contributed by atoms with van der Waals surface area (Å²) in [6.45, 7) is 6.08. The van der Waals surface area contributed by atoms with Gasteiger partial charge >= 0.3 is 0 Å². The van der Waals surface area contributed by atoms with Crippen molar-refractivity contribution >= 4 is 29.1 Å². The van der Waals surface area contributed by atoms with E-state index in [1.165, 1.54) is 0 Å². The summed E-state index contributed by atoms with van der Waals surface area (Å²) in [5.74, 6) is 0.495. The number of nitrogens with one attached hydrogen (secondary N) is 1. The van der Waals surface area contributed by atoms with Crippen molar-refractivity contribution in [2.75, 3.05) is 25.1 Å². The lowest BCUT2D eigenvalue weighted by molar-refractivity contribution is -0.123. The number of anilines is 1. The van der Waals surface area contributed by atoms with Gasteiger partial charge in [-0.15, -0.1) is 0 Å². The van der Waals surface area contributed by atoms with Crippen LogP contribution in [0.3, 0.4) is 0 Å². The van der Waals surface area contributed by atoms with E-state index in [1.54, 1.807) is 29.0 Å². The van der Waals surface area contributed by atoms with Crippen LogP contribution in [0.5, 0.6) is 5.75 Å². The smallest absolute Gasteiger partial charge is 0.264 e. The molecule has 3 N–H and O–H groups in total. The predicted octanol–water partition coefficient (Wildman–Crippen LogP) is 2.40. The van der Waals surface area contributed by atoms with Crippen molar-refractivity contribution in [3.05, 3.63) is 54.1 Å². The maximum Gasteiger partial charge on any atom is 0.264 e. The molecular formula is C23H29N5O3. The fraction of sp³-hybridized carbons (Fsp3) is 0.348. The number of para-hydroxylation sites is 1. The highest BCUT2D eigenvalue weighted by atomic mass is 16.5. The lowest BCUT2D eigenvalue weighted by Crippen LogP contribution is -2.49. The molecular weight excluding hydrogens is 394 g/mol. The number of amides is 2. The molecule has 2 aromatic carbocycles. The van der Waals surface area contributed by atoms with Gasteiger partial charge in [-0.25, -0.2) is 4.99 Å². The number of guanidine groups is 1. The summed E-state index contributed by atoms with van der Waals surface area (Å²) in [5.41, 5.74) is 7.99. The largest absolute Gasteiger partial charge is 0.483 e. The van der Waals surface area contributed by atoms with Gasteiger partial charge in [-0.05, 0) is 45.0 Å². The molecule has 0 atom stereocenters. The van der Waals surface area contributed by atoms with Gasteiger partial charge < -0.3 is 25.6 Å². The number of hydrogen-bond acceptors (Lipinski definition) is 6. The summed E-state index contributed by atoms with van der Waals surface area (Å²) in [6, 6.07) is 14.8. The van der Waals surface area contributed by atoms with E-state index in [0.29, 0.717) is 18.0 Å². The third-order valence-electron chi connectivity index (χ3n) is 4.73. The topological polar surface area (TPSA) is 100 Å². The van der Waals surface area contributed by atoms with E-state index < -0.39 is 0 Å². The van der Waals surface area contributed by atoms with E-state index in [4.69, 9.17) is 10.5 Å². The highest BCUT2D eigenvalue weighted by molar-refractivity contribution is 5.94. The van der Waals surface area contributed by atoms with Crippen LogP contribution < -0.4 is 20.7 Å². The molecule has 0 saturated carbocycles. The van der Waals surface area contributed by atoms with Crippen molar-refractivity contribution in [2.24, 2.45) is 10.7 Å². The summed E-state index contributed by atoms with van der Waals surface area (Å²) in [7, 11) is 1.71. The number of nitrogens with two attached hydrogens (primary N) is 1. The van der Waals surface area contributed by atoms with Gasteiger partial charge in [0.1, 0.15) is 12.3 Å². The number of likely N-dealkylation sites (N-methyl/N-ethyl adjacent to an activating group) is 1. The average Bonchev–Trinajstić information content (AvgIpc) is 2.71. The molecule has 0 saturated heterocycles. The first-order chi connectivity index (χ1) is 14.6. The molecule has 0 unspecified atom stereocenters. The number of carbonyl (C=O) groups excluding carboxylic acids is 2. The first kappa shape index (κ1) is 22.1. The highest BCUT2D eigenvalue weighted by Gasteiger charge is 2.25. The molecule has 0 aliphatic carbocycles. The van der Waals surface area contributed by atoms with Crippen molar-refractivity contribution in [3.8, 4) is 5.75 Å². The predicted molar refractivity (Wildman–Crippen MR) is 121 cm³/mol. The number of aliphatic imine (C=N–C) groups is 1. The first-order valence-electron chi connectivity index (χ1n) is 10.1. The molecule has 164 valence electrons. The molecule has 0 radical (unpaired) electrons. The van der Waals surface area contributed by atoms with Crippen LogP contribution in [0.1, 0.15) is 26.3 Å². The second kappa shape index (κ2) is 9.07. The zero-order chi connectivity index (χ0) is 22.6. The Morgan fingerprint density at radius 2 is 1.87 bits per heavy atom. The molecule has 2 aromatic rings. The minimum Gasteiger partial charge on any atom is -0.483 e. The molecule has 0 aromatic heterocycles. The van der Waals surface area contributed by atoms with Gasteiger partial charge in [0.05, 0.1) is 12.2 Å². The summed E-state index contributed by atoms with van der Waals surface area (Å²) in [6.07, 6.45) is 0. The van der Waals surface area contributed by atoms with Gasteiger partial charge in [0.25, 0.3) is 5.91 Å². The number of rotatable bonds is 6. The maximum atomic E-state index is 12.6.